The Morgan fingerprint density at radius 3 is 2.60 bits per heavy atom. The summed E-state index contributed by atoms with van der Waals surface area (Å²) >= 11 is 3.46. The van der Waals surface area contributed by atoms with Crippen molar-refractivity contribution in [3.05, 3.63) is 65.7 Å². The number of aromatic nitrogens is 4. The van der Waals surface area contributed by atoms with Gasteiger partial charge < -0.3 is 5.32 Å². The molecule has 1 fully saturated rings. The van der Waals surface area contributed by atoms with E-state index in [2.05, 4.69) is 31.3 Å². The SMILES string of the molecule is O=S(=O)(c1ccccc1)n1cc(-c2cnn(C3CCNCC3)c2)c2cc(Br)cnc21. The molecule has 1 saturated heterocycles. The lowest BCUT2D eigenvalue weighted by Crippen LogP contribution is -2.29. The molecule has 0 saturated carbocycles. The minimum atomic E-state index is -3.78. The normalized spacial score (nSPS) is 15.6. The topological polar surface area (TPSA) is 81.8 Å². The number of pyridine rings is 1. The van der Waals surface area contributed by atoms with Crippen molar-refractivity contribution in [2.75, 3.05) is 13.1 Å². The van der Waals surface area contributed by atoms with Crippen LogP contribution in [0.3, 0.4) is 0 Å². The van der Waals surface area contributed by atoms with Crippen LogP contribution in [0.4, 0.5) is 0 Å². The van der Waals surface area contributed by atoms with Crippen molar-refractivity contribution in [3.8, 4) is 11.1 Å². The smallest absolute Gasteiger partial charge is 0.269 e. The molecule has 1 aromatic carbocycles. The molecule has 0 amide bonds. The number of halogens is 1. The van der Waals surface area contributed by atoms with Gasteiger partial charge in [-0.3, -0.25) is 4.68 Å². The lowest BCUT2D eigenvalue weighted by Gasteiger charge is -2.22. The molecule has 30 heavy (non-hydrogen) atoms. The predicted octanol–water partition coefficient (Wildman–Crippen LogP) is 3.82. The number of nitrogens with one attached hydrogen (secondary N) is 1. The number of fused-ring (bicyclic) bond motifs is 1. The van der Waals surface area contributed by atoms with E-state index in [1.807, 2.05) is 16.9 Å². The Morgan fingerprint density at radius 2 is 1.83 bits per heavy atom. The Kier molecular flexibility index (Phi) is 4.96. The highest BCUT2D eigenvalue weighted by Gasteiger charge is 2.24. The summed E-state index contributed by atoms with van der Waals surface area (Å²) in [6.07, 6.45) is 9.12. The van der Waals surface area contributed by atoms with E-state index in [1.165, 1.54) is 3.97 Å². The minimum Gasteiger partial charge on any atom is -0.317 e. The zero-order chi connectivity index (χ0) is 20.7. The molecule has 0 atom stereocenters. The van der Waals surface area contributed by atoms with Crippen molar-refractivity contribution < 1.29 is 8.42 Å². The second-order valence-electron chi connectivity index (χ2n) is 7.37. The quantitative estimate of drug-likeness (QED) is 0.474. The van der Waals surface area contributed by atoms with Crippen molar-refractivity contribution in [1.29, 1.82) is 0 Å². The molecule has 0 bridgehead atoms. The zero-order valence-corrected chi connectivity index (χ0v) is 18.5. The number of hydrogen-bond donors (Lipinski definition) is 1. The first kappa shape index (κ1) is 19.5. The molecule has 4 heterocycles. The molecule has 154 valence electrons. The Hall–Kier alpha value is -2.49. The van der Waals surface area contributed by atoms with Crippen molar-refractivity contribution in [2.45, 2.75) is 23.8 Å². The van der Waals surface area contributed by atoms with Crippen LogP contribution < -0.4 is 5.32 Å². The number of piperidine rings is 1. The van der Waals surface area contributed by atoms with E-state index < -0.39 is 10.0 Å². The summed E-state index contributed by atoms with van der Waals surface area (Å²) < 4.78 is 30.7. The molecule has 1 aliphatic heterocycles. The van der Waals surface area contributed by atoms with Crippen LogP contribution in [-0.2, 0) is 10.0 Å². The summed E-state index contributed by atoms with van der Waals surface area (Å²) in [6.45, 7) is 1.96. The first-order valence-electron chi connectivity index (χ1n) is 9.76. The van der Waals surface area contributed by atoms with Gasteiger partial charge in [0.25, 0.3) is 10.0 Å². The Morgan fingerprint density at radius 1 is 1.07 bits per heavy atom. The van der Waals surface area contributed by atoms with Gasteiger partial charge in [-0.1, -0.05) is 18.2 Å². The predicted molar refractivity (Wildman–Crippen MR) is 119 cm³/mol. The Bertz CT molecular complexity index is 1310. The molecule has 1 aliphatic rings. The first-order chi connectivity index (χ1) is 14.5. The van der Waals surface area contributed by atoms with Gasteiger partial charge in [0.2, 0.25) is 0 Å². The van der Waals surface area contributed by atoms with Crippen molar-refractivity contribution in [3.63, 3.8) is 0 Å². The summed E-state index contributed by atoms with van der Waals surface area (Å²) in [5.74, 6) is 0. The van der Waals surface area contributed by atoms with E-state index >= 15 is 0 Å². The second-order valence-corrected chi connectivity index (χ2v) is 10.1. The summed E-state index contributed by atoms with van der Waals surface area (Å²) in [6, 6.07) is 10.7. The lowest BCUT2D eigenvalue weighted by atomic mass is 10.1. The Balaban J connectivity index is 1.65. The highest BCUT2D eigenvalue weighted by Crippen LogP contribution is 2.34. The largest absolute Gasteiger partial charge is 0.317 e. The van der Waals surface area contributed by atoms with E-state index in [4.69, 9.17) is 0 Å². The van der Waals surface area contributed by atoms with Crippen LogP contribution in [-0.4, -0.2) is 40.2 Å². The molecule has 5 rings (SSSR count). The van der Waals surface area contributed by atoms with Crippen molar-refractivity contribution in [2.24, 2.45) is 0 Å². The number of rotatable bonds is 4. The standard InChI is InChI=1S/C21H20BrN5O2S/c22-16-10-19-20(15-11-25-26(13-15)17-6-8-23-9-7-17)14-27(21(19)24-12-16)30(28,29)18-4-2-1-3-5-18/h1-5,10-14,17,23H,6-9H2. The lowest BCUT2D eigenvalue weighted by molar-refractivity contribution is 0.343. The zero-order valence-electron chi connectivity index (χ0n) is 16.1. The molecule has 0 radical (unpaired) electrons. The maximum absolute atomic E-state index is 13.3. The van der Waals surface area contributed by atoms with Crippen molar-refractivity contribution >= 4 is 37.0 Å². The summed E-state index contributed by atoms with van der Waals surface area (Å²) in [4.78, 5) is 4.64. The fraction of sp³-hybridized carbons (Fsp3) is 0.238. The van der Waals surface area contributed by atoms with E-state index in [0.29, 0.717) is 11.7 Å². The van der Waals surface area contributed by atoms with Gasteiger partial charge in [0.15, 0.2) is 5.65 Å². The maximum atomic E-state index is 13.3. The van der Waals surface area contributed by atoms with E-state index in [9.17, 15) is 8.42 Å². The first-order valence-corrected chi connectivity index (χ1v) is 12.0. The summed E-state index contributed by atoms with van der Waals surface area (Å²) in [5, 5.41) is 8.70. The summed E-state index contributed by atoms with van der Waals surface area (Å²) in [5.41, 5.74) is 2.06. The molecule has 0 aliphatic carbocycles. The van der Waals surface area contributed by atoms with E-state index in [0.717, 1.165) is 46.9 Å². The maximum Gasteiger partial charge on any atom is 0.269 e. The molecule has 3 aromatic heterocycles. The number of benzene rings is 1. The van der Waals surface area contributed by atoms with Gasteiger partial charge in [-0.2, -0.15) is 5.10 Å². The van der Waals surface area contributed by atoms with Crippen LogP contribution in [0.25, 0.3) is 22.2 Å². The average molecular weight is 486 g/mol. The van der Waals surface area contributed by atoms with Crippen molar-refractivity contribution in [1.82, 2.24) is 24.1 Å². The third kappa shape index (κ3) is 3.36. The highest BCUT2D eigenvalue weighted by atomic mass is 79.9. The van der Waals surface area contributed by atoms with Gasteiger partial charge in [-0.05, 0) is 60.1 Å². The molecule has 1 N–H and O–H groups in total. The van der Waals surface area contributed by atoms with Gasteiger partial charge in [0.1, 0.15) is 0 Å². The van der Waals surface area contributed by atoms with Crippen LogP contribution in [0.15, 0.2) is 70.6 Å². The minimum absolute atomic E-state index is 0.226. The Labute approximate surface area is 182 Å². The highest BCUT2D eigenvalue weighted by molar-refractivity contribution is 9.10. The third-order valence-electron chi connectivity index (χ3n) is 5.47. The van der Waals surface area contributed by atoms with Gasteiger partial charge in [-0.15, -0.1) is 0 Å². The molecule has 0 spiro atoms. The van der Waals surface area contributed by atoms with E-state index in [-0.39, 0.29) is 4.90 Å². The second kappa shape index (κ2) is 7.64. The molecule has 0 unspecified atom stereocenters. The summed E-state index contributed by atoms with van der Waals surface area (Å²) in [7, 11) is -3.78. The molecular formula is C21H20BrN5O2S. The molecule has 4 aromatic rings. The fourth-order valence-corrected chi connectivity index (χ4v) is 5.60. The van der Waals surface area contributed by atoms with Crippen LogP contribution in [0.5, 0.6) is 0 Å². The average Bonchev–Trinajstić information content (AvgIpc) is 3.40. The number of nitrogens with zero attached hydrogens (tertiary/aromatic N) is 4. The van der Waals surface area contributed by atoms with Gasteiger partial charge >= 0.3 is 0 Å². The van der Waals surface area contributed by atoms with E-state index in [1.54, 1.807) is 48.9 Å². The van der Waals surface area contributed by atoms with Crippen LogP contribution in [0, 0.1) is 0 Å². The van der Waals surface area contributed by atoms with Gasteiger partial charge in [-0.25, -0.2) is 17.4 Å². The monoisotopic (exact) mass is 485 g/mol. The van der Waals surface area contributed by atoms with Crippen LogP contribution in [0.2, 0.25) is 0 Å². The number of hydrogen-bond acceptors (Lipinski definition) is 5. The molecular weight excluding hydrogens is 466 g/mol. The van der Waals surface area contributed by atoms with Gasteiger partial charge in [0.05, 0.1) is 17.1 Å². The molecule has 9 heteroatoms. The van der Waals surface area contributed by atoms with Crippen LogP contribution in [0.1, 0.15) is 18.9 Å². The third-order valence-corrected chi connectivity index (χ3v) is 7.57. The fourth-order valence-electron chi connectivity index (χ4n) is 3.92. The van der Waals surface area contributed by atoms with Gasteiger partial charge in [0, 0.05) is 39.6 Å². The van der Waals surface area contributed by atoms with Crippen LogP contribution >= 0.6 is 15.9 Å². The molecule has 7 nitrogen and oxygen atoms in total.